The molecule has 7 atom stereocenters. The lowest BCUT2D eigenvalue weighted by Gasteiger charge is -2.58. The number of carbonyl (C=O) groups is 5. The van der Waals surface area contributed by atoms with Gasteiger partial charge in [-0.3, -0.25) is 24.0 Å². The minimum absolute atomic E-state index is 0.00698. The van der Waals surface area contributed by atoms with Gasteiger partial charge in [0.1, 0.15) is 5.76 Å². The van der Waals surface area contributed by atoms with Crippen LogP contribution < -0.4 is 0 Å². The Bertz CT molecular complexity index is 1280. The number of Topliss-reactive ketones (excluding diaryl/α,β-unsaturated/α-hetero) is 1. The lowest BCUT2D eigenvalue weighted by Crippen LogP contribution is -2.63. The molecule has 0 amide bonds. The van der Waals surface area contributed by atoms with Crippen LogP contribution in [0.15, 0.2) is 47.5 Å². The molecule has 0 aromatic carbocycles. The minimum Gasteiger partial charge on any atom is -0.457 e. The summed E-state index contributed by atoms with van der Waals surface area (Å²) in [5, 5.41) is 11.7. The fourth-order valence-corrected chi connectivity index (χ4v) is 7.45. The molecule has 10 heteroatoms. The largest absolute Gasteiger partial charge is 0.457 e. The Labute approximate surface area is 232 Å². The quantitative estimate of drug-likeness (QED) is 0.367. The van der Waals surface area contributed by atoms with Crippen LogP contribution in [-0.4, -0.2) is 52.9 Å². The number of rotatable bonds is 7. The maximum atomic E-state index is 14.7. The van der Waals surface area contributed by atoms with E-state index >= 15 is 0 Å². The van der Waals surface area contributed by atoms with Crippen molar-refractivity contribution in [2.75, 3.05) is 6.61 Å². The average Bonchev–Trinajstić information content (AvgIpc) is 3.15. The van der Waals surface area contributed by atoms with Gasteiger partial charge >= 0.3 is 17.9 Å². The molecule has 0 aromatic rings. The molecule has 216 valence electrons. The zero-order chi connectivity index (χ0) is 29.6. The molecule has 0 saturated heterocycles. The molecule has 0 unspecified atom stereocenters. The molecule has 0 heterocycles. The summed E-state index contributed by atoms with van der Waals surface area (Å²) in [5.74, 6) is -4.62. The SMILES string of the molecule is CCC(=O)OCC(=O)[C@]1(OC(=O)CC)C(=CF)C[C@H]2[C@@H]3C=C(OC(C)=O)C4=CC(=O)C=C[C@]4(C)[C@H]3[C@@H](O)C[C@@]21C. The number of esters is 3. The number of ether oxygens (including phenoxy) is 3. The molecule has 1 N–H and O–H groups in total. The number of aliphatic hydroxyl groups excluding tert-OH is 1. The number of carbonyl (C=O) groups excluding carboxylic acids is 5. The van der Waals surface area contributed by atoms with Crippen molar-refractivity contribution in [1.29, 1.82) is 0 Å². The molecule has 0 radical (unpaired) electrons. The summed E-state index contributed by atoms with van der Waals surface area (Å²) in [7, 11) is 0. The van der Waals surface area contributed by atoms with Gasteiger partial charge < -0.3 is 19.3 Å². The van der Waals surface area contributed by atoms with Crippen LogP contribution in [0.2, 0.25) is 0 Å². The van der Waals surface area contributed by atoms with E-state index in [0.717, 1.165) is 0 Å². The summed E-state index contributed by atoms with van der Waals surface area (Å²) in [6.45, 7) is 7.10. The first kappa shape index (κ1) is 29.6. The van der Waals surface area contributed by atoms with Crippen molar-refractivity contribution >= 4 is 29.5 Å². The van der Waals surface area contributed by atoms with Gasteiger partial charge in [0.05, 0.1) is 12.4 Å². The van der Waals surface area contributed by atoms with Gasteiger partial charge in [0.2, 0.25) is 11.4 Å². The van der Waals surface area contributed by atoms with Crippen LogP contribution in [0.4, 0.5) is 4.39 Å². The minimum atomic E-state index is -2.13. The van der Waals surface area contributed by atoms with E-state index in [0.29, 0.717) is 5.57 Å². The highest BCUT2D eigenvalue weighted by molar-refractivity contribution is 6.02. The lowest BCUT2D eigenvalue weighted by molar-refractivity contribution is -0.192. The van der Waals surface area contributed by atoms with Crippen LogP contribution in [-0.2, 0) is 38.2 Å². The molecule has 4 rings (SSSR count). The van der Waals surface area contributed by atoms with E-state index in [-0.39, 0.29) is 49.1 Å². The number of ketones is 2. The highest BCUT2D eigenvalue weighted by Gasteiger charge is 2.72. The van der Waals surface area contributed by atoms with Gasteiger partial charge in [0.15, 0.2) is 12.4 Å². The lowest BCUT2D eigenvalue weighted by atomic mass is 9.47. The van der Waals surface area contributed by atoms with E-state index < -0.39 is 70.6 Å². The number of halogens is 1. The molecule has 0 aliphatic heterocycles. The van der Waals surface area contributed by atoms with E-state index in [1.54, 1.807) is 26.0 Å². The van der Waals surface area contributed by atoms with Crippen molar-refractivity contribution < 1.29 is 47.7 Å². The van der Waals surface area contributed by atoms with Gasteiger partial charge in [-0.2, -0.15) is 0 Å². The zero-order valence-corrected chi connectivity index (χ0v) is 23.3. The molecule has 2 fully saturated rings. The predicted molar refractivity (Wildman–Crippen MR) is 139 cm³/mol. The Morgan fingerprint density at radius 2 is 1.82 bits per heavy atom. The van der Waals surface area contributed by atoms with E-state index in [9.17, 15) is 33.5 Å². The third kappa shape index (κ3) is 4.36. The average molecular weight is 559 g/mol. The predicted octanol–water partition coefficient (Wildman–Crippen LogP) is 3.61. The summed E-state index contributed by atoms with van der Waals surface area (Å²) < 4.78 is 31.2. The van der Waals surface area contributed by atoms with Gasteiger partial charge in [0, 0.05) is 47.7 Å². The van der Waals surface area contributed by atoms with Gasteiger partial charge in [-0.05, 0) is 42.9 Å². The molecule has 2 saturated carbocycles. The topological polar surface area (TPSA) is 133 Å². The van der Waals surface area contributed by atoms with Crippen molar-refractivity contribution in [2.45, 2.75) is 72.0 Å². The second-order valence-electron chi connectivity index (χ2n) is 11.4. The van der Waals surface area contributed by atoms with Crippen molar-refractivity contribution in [3.05, 3.63) is 47.5 Å². The Balaban J connectivity index is 1.91. The number of fused-ring (bicyclic) bond motifs is 5. The van der Waals surface area contributed by atoms with Crippen molar-refractivity contribution in [1.82, 2.24) is 0 Å². The zero-order valence-electron chi connectivity index (χ0n) is 23.3. The number of hydrogen-bond acceptors (Lipinski definition) is 9. The molecule has 0 aromatic heterocycles. The van der Waals surface area contributed by atoms with E-state index in [2.05, 4.69) is 0 Å². The van der Waals surface area contributed by atoms with Crippen LogP contribution >= 0.6 is 0 Å². The molecule has 0 bridgehead atoms. The summed E-state index contributed by atoms with van der Waals surface area (Å²) in [6.07, 6.45) is 5.14. The fraction of sp³-hybridized carbons (Fsp3) is 0.567. The molecule has 0 spiro atoms. The van der Waals surface area contributed by atoms with Gasteiger partial charge in [-0.1, -0.05) is 33.8 Å². The molecule has 4 aliphatic rings. The van der Waals surface area contributed by atoms with Crippen molar-refractivity contribution in [3.8, 4) is 0 Å². The van der Waals surface area contributed by atoms with Crippen LogP contribution in [0.3, 0.4) is 0 Å². The van der Waals surface area contributed by atoms with Crippen molar-refractivity contribution in [2.24, 2.45) is 28.6 Å². The first-order valence-electron chi connectivity index (χ1n) is 13.5. The molecular weight excluding hydrogens is 523 g/mol. The normalized spacial score (nSPS) is 37.0. The molecule has 9 nitrogen and oxygen atoms in total. The monoisotopic (exact) mass is 558 g/mol. The molecule has 40 heavy (non-hydrogen) atoms. The third-order valence-corrected chi connectivity index (χ3v) is 9.19. The van der Waals surface area contributed by atoms with Gasteiger partial charge in [-0.25, -0.2) is 4.39 Å². The first-order chi connectivity index (χ1) is 18.8. The summed E-state index contributed by atoms with van der Waals surface area (Å²) in [6, 6.07) is 0. The Kier molecular flexibility index (Phi) is 7.79. The summed E-state index contributed by atoms with van der Waals surface area (Å²) in [4.78, 5) is 62.9. The van der Waals surface area contributed by atoms with E-state index in [1.807, 2.05) is 6.92 Å². The first-order valence-corrected chi connectivity index (χ1v) is 13.5. The van der Waals surface area contributed by atoms with Crippen LogP contribution in [0, 0.1) is 28.6 Å². The Morgan fingerprint density at radius 1 is 1.15 bits per heavy atom. The Hall–Kier alpha value is -3.40. The van der Waals surface area contributed by atoms with Gasteiger partial charge in [0.25, 0.3) is 0 Å². The maximum Gasteiger partial charge on any atom is 0.308 e. The third-order valence-electron chi connectivity index (χ3n) is 9.19. The summed E-state index contributed by atoms with van der Waals surface area (Å²) in [5.41, 5.74) is -4.02. The number of aliphatic hydroxyl groups is 1. The van der Waals surface area contributed by atoms with Crippen LogP contribution in [0.5, 0.6) is 0 Å². The maximum absolute atomic E-state index is 14.7. The number of hydrogen-bond donors (Lipinski definition) is 1. The van der Waals surface area contributed by atoms with Gasteiger partial charge in [-0.15, -0.1) is 0 Å². The second kappa shape index (κ2) is 10.5. The fourth-order valence-electron chi connectivity index (χ4n) is 7.45. The highest BCUT2D eigenvalue weighted by Crippen LogP contribution is 2.68. The van der Waals surface area contributed by atoms with Crippen LogP contribution in [0.1, 0.15) is 60.3 Å². The Morgan fingerprint density at radius 3 is 2.42 bits per heavy atom. The van der Waals surface area contributed by atoms with Crippen LogP contribution in [0.25, 0.3) is 0 Å². The van der Waals surface area contributed by atoms with E-state index in [4.69, 9.17) is 14.2 Å². The van der Waals surface area contributed by atoms with E-state index in [1.165, 1.54) is 26.0 Å². The second-order valence-corrected chi connectivity index (χ2v) is 11.4. The molecule has 4 aliphatic carbocycles. The smallest absolute Gasteiger partial charge is 0.308 e. The standard InChI is InChI=1S/C30H35FO9/c1-6-25(36)38-15-24(35)30(40-26(37)7-2)17(14-31)10-20-19-12-23(39-16(3)32)21-11-18(33)8-9-28(21,4)27(19)22(34)13-29(20,30)5/h8-9,11-12,14,19-20,22,27,34H,6-7,10,13,15H2,1-5H3/t19-,20-,22-,27+,28-,29-,30+/m0/s1. The van der Waals surface area contributed by atoms with Crippen molar-refractivity contribution in [3.63, 3.8) is 0 Å². The molecular formula is C30H35FO9. The highest BCUT2D eigenvalue weighted by atomic mass is 19.1. The number of allylic oxidation sites excluding steroid dienone is 5. The summed E-state index contributed by atoms with van der Waals surface area (Å²) >= 11 is 0.